The third-order valence-electron chi connectivity index (χ3n) is 4.62. The smallest absolute Gasteiger partial charge is 0.263 e. The van der Waals surface area contributed by atoms with Crippen LogP contribution in [0.1, 0.15) is 10.4 Å². The molecule has 1 N–H and O–H groups in total. The maximum Gasteiger partial charge on any atom is 0.263 e. The van der Waals surface area contributed by atoms with E-state index in [9.17, 15) is 4.79 Å². The standard InChI is InChI=1S/C23H20N2O5/c1-27-16-10-11-18-17(13-16)25-23(30-18)14-6-4-7-15(12-14)24-22(26)21-19(28-2)8-5-9-20(21)29-3/h4-13H,1-3H3,(H,24,26). The molecule has 0 spiro atoms. The SMILES string of the molecule is COc1ccc2oc(-c3cccc(NC(=O)c4c(OC)cccc4OC)c3)nc2c1. The molecule has 0 atom stereocenters. The van der Waals surface area contributed by atoms with Gasteiger partial charge in [-0.1, -0.05) is 12.1 Å². The third kappa shape index (κ3) is 3.65. The lowest BCUT2D eigenvalue weighted by molar-refractivity contribution is 0.102. The van der Waals surface area contributed by atoms with Crippen molar-refractivity contribution >= 4 is 22.7 Å². The van der Waals surface area contributed by atoms with Crippen molar-refractivity contribution in [2.75, 3.05) is 26.6 Å². The van der Waals surface area contributed by atoms with Gasteiger partial charge in [-0.3, -0.25) is 4.79 Å². The van der Waals surface area contributed by atoms with Gasteiger partial charge in [0.15, 0.2) is 5.58 Å². The summed E-state index contributed by atoms with van der Waals surface area (Å²) >= 11 is 0. The Morgan fingerprint density at radius 2 is 1.63 bits per heavy atom. The van der Waals surface area contributed by atoms with Crippen LogP contribution in [0.2, 0.25) is 0 Å². The summed E-state index contributed by atoms with van der Waals surface area (Å²) in [5.41, 5.74) is 2.98. The van der Waals surface area contributed by atoms with Crippen LogP contribution >= 0.6 is 0 Å². The fourth-order valence-corrected chi connectivity index (χ4v) is 3.16. The predicted molar refractivity (Wildman–Crippen MR) is 113 cm³/mol. The minimum atomic E-state index is -0.344. The number of carbonyl (C=O) groups excluding carboxylic acids is 1. The lowest BCUT2D eigenvalue weighted by Crippen LogP contribution is -2.14. The number of oxazole rings is 1. The molecule has 1 heterocycles. The average Bonchev–Trinajstić information content (AvgIpc) is 3.22. The molecule has 4 aromatic rings. The summed E-state index contributed by atoms with van der Waals surface area (Å²) < 4.78 is 21.7. The van der Waals surface area contributed by atoms with Crippen LogP contribution in [0.3, 0.4) is 0 Å². The number of hydrogen-bond donors (Lipinski definition) is 1. The number of nitrogens with zero attached hydrogens (tertiary/aromatic N) is 1. The number of aromatic nitrogens is 1. The molecule has 7 heteroatoms. The van der Waals surface area contributed by atoms with E-state index in [1.165, 1.54) is 14.2 Å². The minimum absolute atomic E-state index is 0.321. The maximum absolute atomic E-state index is 12.9. The highest BCUT2D eigenvalue weighted by molar-refractivity contribution is 6.08. The Labute approximate surface area is 173 Å². The first kappa shape index (κ1) is 19.3. The van der Waals surface area contributed by atoms with Crippen molar-refractivity contribution in [3.8, 4) is 28.7 Å². The summed E-state index contributed by atoms with van der Waals surface area (Å²) in [6, 6.07) is 17.9. The van der Waals surface area contributed by atoms with Crippen molar-refractivity contribution in [1.82, 2.24) is 4.98 Å². The van der Waals surface area contributed by atoms with E-state index < -0.39 is 0 Å². The highest BCUT2D eigenvalue weighted by Gasteiger charge is 2.19. The van der Waals surface area contributed by atoms with E-state index in [0.29, 0.717) is 45.5 Å². The Balaban J connectivity index is 1.64. The molecule has 0 aliphatic rings. The van der Waals surface area contributed by atoms with E-state index in [0.717, 1.165) is 5.56 Å². The van der Waals surface area contributed by atoms with Gasteiger partial charge in [0.2, 0.25) is 5.89 Å². The number of benzene rings is 3. The molecular formula is C23H20N2O5. The second-order valence-electron chi connectivity index (χ2n) is 6.43. The summed E-state index contributed by atoms with van der Waals surface area (Å²) in [6.45, 7) is 0. The zero-order valence-corrected chi connectivity index (χ0v) is 16.8. The van der Waals surface area contributed by atoms with E-state index in [-0.39, 0.29) is 5.91 Å². The number of carbonyl (C=O) groups is 1. The molecule has 152 valence electrons. The number of anilines is 1. The summed E-state index contributed by atoms with van der Waals surface area (Å²) in [5, 5.41) is 2.88. The first-order valence-electron chi connectivity index (χ1n) is 9.20. The summed E-state index contributed by atoms with van der Waals surface area (Å²) in [6.07, 6.45) is 0. The molecular weight excluding hydrogens is 384 g/mol. The van der Waals surface area contributed by atoms with Crippen molar-refractivity contribution in [2.24, 2.45) is 0 Å². The molecule has 0 aliphatic heterocycles. The molecule has 1 amide bonds. The van der Waals surface area contributed by atoms with Gasteiger partial charge in [-0.15, -0.1) is 0 Å². The monoisotopic (exact) mass is 404 g/mol. The molecule has 1 aromatic heterocycles. The zero-order chi connectivity index (χ0) is 21.1. The molecule has 0 bridgehead atoms. The number of nitrogens with one attached hydrogen (secondary N) is 1. The highest BCUT2D eigenvalue weighted by atomic mass is 16.5. The third-order valence-corrected chi connectivity index (χ3v) is 4.62. The van der Waals surface area contributed by atoms with Crippen molar-refractivity contribution < 1.29 is 23.4 Å². The van der Waals surface area contributed by atoms with E-state index in [2.05, 4.69) is 10.3 Å². The van der Waals surface area contributed by atoms with Crippen molar-refractivity contribution in [3.63, 3.8) is 0 Å². The Morgan fingerprint density at radius 1 is 0.900 bits per heavy atom. The molecule has 0 saturated heterocycles. The largest absolute Gasteiger partial charge is 0.497 e. The molecule has 3 aromatic carbocycles. The number of rotatable bonds is 6. The lowest BCUT2D eigenvalue weighted by atomic mass is 10.1. The van der Waals surface area contributed by atoms with Crippen LogP contribution in [-0.2, 0) is 0 Å². The van der Waals surface area contributed by atoms with Gasteiger partial charge in [0.1, 0.15) is 28.3 Å². The average molecular weight is 404 g/mol. The quantitative estimate of drug-likeness (QED) is 0.498. The van der Waals surface area contributed by atoms with Gasteiger partial charge in [-0.05, 0) is 42.5 Å². The van der Waals surface area contributed by atoms with E-state index >= 15 is 0 Å². The molecule has 30 heavy (non-hydrogen) atoms. The Kier molecular flexibility index (Phi) is 5.26. The Hall–Kier alpha value is -4.00. The summed E-state index contributed by atoms with van der Waals surface area (Å²) in [4.78, 5) is 17.4. The van der Waals surface area contributed by atoms with Crippen molar-refractivity contribution in [2.45, 2.75) is 0 Å². The van der Waals surface area contributed by atoms with Crippen LogP contribution in [0, 0.1) is 0 Å². The fraction of sp³-hybridized carbons (Fsp3) is 0.130. The minimum Gasteiger partial charge on any atom is -0.497 e. The van der Waals surface area contributed by atoms with Gasteiger partial charge in [-0.2, -0.15) is 0 Å². The van der Waals surface area contributed by atoms with Crippen molar-refractivity contribution in [3.05, 3.63) is 66.2 Å². The van der Waals surface area contributed by atoms with Crippen LogP contribution in [0.25, 0.3) is 22.6 Å². The lowest BCUT2D eigenvalue weighted by Gasteiger charge is -2.13. The van der Waals surface area contributed by atoms with Crippen LogP contribution in [0.5, 0.6) is 17.2 Å². The molecule has 4 rings (SSSR count). The first-order chi connectivity index (χ1) is 14.6. The highest BCUT2D eigenvalue weighted by Crippen LogP contribution is 2.31. The number of fused-ring (bicyclic) bond motifs is 1. The van der Waals surface area contributed by atoms with Crippen LogP contribution in [0.4, 0.5) is 5.69 Å². The van der Waals surface area contributed by atoms with Gasteiger partial charge in [-0.25, -0.2) is 4.98 Å². The second-order valence-corrected chi connectivity index (χ2v) is 6.43. The maximum atomic E-state index is 12.9. The normalized spacial score (nSPS) is 10.6. The van der Waals surface area contributed by atoms with Gasteiger partial charge in [0.25, 0.3) is 5.91 Å². The molecule has 0 unspecified atom stereocenters. The zero-order valence-electron chi connectivity index (χ0n) is 16.8. The topological polar surface area (TPSA) is 82.8 Å². The fourth-order valence-electron chi connectivity index (χ4n) is 3.16. The number of amides is 1. The first-order valence-corrected chi connectivity index (χ1v) is 9.20. The van der Waals surface area contributed by atoms with Crippen LogP contribution in [0.15, 0.2) is 65.1 Å². The number of methoxy groups -OCH3 is 3. The van der Waals surface area contributed by atoms with Gasteiger partial charge >= 0.3 is 0 Å². The number of ether oxygens (including phenoxy) is 3. The molecule has 0 aliphatic carbocycles. The number of hydrogen-bond acceptors (Lipinski definition) is 6. The second kappa shape index (κ2) is 8.16. The predicted octanol–water partition coefficient (Wildman–Crippen LogP) is 4.77. The van der Waals surface area contributed by atoms with Gasteiger partial charge < -0.3 is 23.9 Å². The van der Waals surface area contributed by atoms with Crippen LogP contribution in [-0.4, -0.2) is 32.2 Å². The Morgan fingerprint density at radius 3 is 2.33 bits per heavy atom. The molecule has 0 radical (unpaired) electrons. The summed E-state index contributed by atoms with van der Waals surface area (Å²) in [5.74, 6) is 1.66. The molecule has 7 nitrogen and oxygen atoms in total. The molecule has 0 saturated carbocycles. The summed E-state index contributed by atoms with van der Waals surface area (Å²) in [7, 11) is 4.62. The van der Waals surface area contributed by atoms with Crippen molar-refractivity contribution in [1.29, 1.82) is 0 Å². The van der Waals surface area contributed by atoms with Gasteiger partial charge in [0.05, 0.1) is 21.3 Å². The van der Waals surface area contributed by atoms with E-state index in [1.54, 1.807) is 37.4 Å². The van der Waals surface area contributed by atoms with E-state index in [1.807, 2.05) is 30.3 Å². The van der Waals surface area contributed by atoms with Gasteiger partial charge in [0, 0.05) is 17.3 Å². The molecule has 0 fully saturated rings. The van der Waals surface area contributed by atoms with E-state index in [4.69, 9.17) is 18.6 Å². The Bertz CT molecular complexity index is 1190. The van der Waals surface area contributed by atoms with Crippen LogP contribution < -0.4 is 19.5 Å².